The molecule has 0 fully saturated rings. The number of aliphatic hydroxyl groups excluding tert-OH is 1. The van der Waals surface area contributed by atoms with Crippen molar-refractivity contribution in [3.8, 4) is 0 Å². The summed E-state index contributed by atoms with van der Waals surface area (Å²) in [6.45, 7) is 6.42. The summed E-state index contributed by atoms with van der Waals surface area (Å²) < 4.78 is 0. The van der Waals surface area contributed by atoms with E-state index >= 15 is 0 Å². The standard InChI is InChI=1S/C11H18OS/c1-4-9-5-6-13-11(9)10(12)7-8(2)3/h5-6,8,10,12H,4,7H2,1-3H3. The van der Waals surface area contributed by atoms with Crippen LogP contribution in [0.2, 0.25) is 0 Å². The largest absolute Gasteiger partial charge is 0.388 e. The second kappa shape index (κ2) is 4.77. The van der Waals surface area contributed by atoms with Crippen molar-refractivity contribution in [2.24, 2.45) is 5.92 Å². The number of aryl methyl sites for hydroxylation is 1. The van der Waals surface area contributed by atoms with Crippen LogP contribution in [0.1, 0.15) is 43.7 Å². The summed E-state index contributed by atoms with van der Waals surface area (Å²) in [5.74, 6) is 0.557. The Labute approximate surface area is 84.4 Å². The average Bonchev–Trinajstić information content (AvgIpc) is 2.49. The first-order chi connectivity index (χ1) is 6.15. The Balaban J connectivity index is 2.69. The van der Waals surface area contributed by atoms with E-state index in [9.17, 15) is 5.11 Å². The maximum absolute atomic E-state index is 9.90. The van der Waals surface area contributed by atoms with Gasteiger partial charge in [0, 0.05) is 4.88 Å². The zero-order valence-electron chi connectivity index (χ0n) is 8.58. The first-order valence-electron chi connectivity index (χ1n) is 4.89. The highest BCUT2D eigenvalue weighted by Gasteiger charge is 2.14. The fraction of sp³-hybridized carbons (Fsp3) is 0.636. The highest BCUT2D eigenvalue weighted by Crippen LogP contribution is 2.29. The van der Waals surface area contributed by atoms with E-state index in [0.717, 1.165) is 17.7 Å². The lowest BCUT2D eigenvalue weighted by Crippen LogP contribution is -2.01. The minimum atomic E-state index is -0.255. The summed E-state index contributed by atoms with van der Waals surface area (Å²) in [4.78, 5) is 1.16. The smallest absolute Gasteiger partial charge is 0.0887 e. The van der Waals surface area contributed by atoms with Crippen molar-refractivity contribution in [1.29, 1.82) is 0 Å². The molecule has 13 heavy (non-hydrogen) atoms. The molecule has 0 spiro atoms. The normalized spacial score (nSPS) is 13.6. The van der Waals surface area contributed by atoms with Crippen LogP contribution >= 0.6 is 11.3 Å². The molecule has 1 unspecified atom stereocenters. The molecular formula is C11H18OS. The van der Waals surface area contributed by atoms with Crippen molar-refractivity contribution in [3.05, 3.63) is 21.9 Å². The van der Waals surface area contributed by atoms with Gasteiger partial charge in [0.25, 0.3) is 0 Å². The van der Waals surface area contributed by atoms with E-state index in [1.54, 1.807) is 11.3 Å². The molecule has 1 aromatic rings. The third-order valence-corrected chi connectivity index (χ3v) is 3.22. The van der Waals surface area contributed by atoms with Gasteiger partial charge in [0.2, 0.25) is 0 Å². The summed E-state index contributed by atoms with van der Waals surface area (Å²) in [6.07, 6.45) is 1.64. The van der Waals surface area contributed by atoms with Gasteiger partial charge >= 0.3 is 0 Å². The van der Waals surface area contributed by atoms with Crippen molar-refractivity contribution in [2.45, 2.75) is 39.7 Å². The van der Waals surface area contributed by atoms with Crippen LogP contribution in [-0.4, -0.2) is 5.11 Å². The number of thiophene rings is 1. The topological polar surface area (TPSA) is 20.2 Å². The lowest BCUT2D eigenvalue weighted by Gasteiger charge is -2.12. The highest BCUT2D eigenvalue weighted by molar-refractivity contribution is 7.10. The molecule has 0 aliphatic heterocycles. The fourth-order valence-electron chi connectivity index (χ4n) is 1.49. The van der Waals surface area contributed by atoms with Gasteiger partial charge in [-0.2, -0.15) is 0 Å². The molecule has 0 saturated carbocycles. The summed E-state index contributed by atoms with van der Waals surface area (Å²) in [5, 5.41) is 12.0. The molecule has 0 aromatic carbocycles. The van der Waals surface area contributed by atoms with E-state index in [1.165, 1.54) is 5.56 Å². The quantitative estimate of drug-likeness (QED) is 0.786. The molecule has 1 N–H and O–H groups in total. The Morgan fingerprint density at radius 3 is 2.69 bits per heavy atom. The second-order valence-electron chi connectivity index (χ2n) is 3.81. The van der Waals surface area contributed by atoms with Gasteiger partial charge in [0.1, 0.15) is 0 Å². The van der Waals surface area contributed by atoms with E-state index < -0.39 is 0 Å². The van der Waals surface area contributed by atoms with Gasteiger partial charge in [-0.1, -0.05) is 20.8 Å². The predicted molar refractivity (Wildman–Crippen MR) is 58.1 cm³/mol. The third-order valence-electron chi connectivity index (χ3n) is 2.16. The number of hydrogen-bond acceptors (Lipinski definition) is 2. The zero-order chi connectivity index (χ0) is 9.84. The van der Waals surface area contributed by atoms with E-state index in [4.69, 9.17) is 0 Å². The van der Waals surface area contributed by atoms with Crippen LogP contribution < -0.4 is 0 Å². The second-order valence-corrected chi connectivity index (χ2v) is 4.76. The number of hydrogen-bond donors (Lipinski definition) is 1. The van der Waals surface area contributed by atoms with Gasteiger partial charge in [-0.15, -0.1) is 11.3 Å². The van der Waals surface area contributed by atoms with Crippen LogP contribution in [0, 0.1) is 5.92 Å². The summed E-state index contributed by atoms with van der Waals surface area (Å²) in [6, 6.07) is 2.11. The molecule has 1 rings (SSSR count). The van der Waals surface area contributed by atoms with Gasteiger partial charge in [-0.05, 0) is 35.8 Å². The van der Waals surface area contributed by atoms with Gasteiger partial charge in [0.15, 0.2) is 0 Å². The molecule has 1 heterocycles. The number of rotatable bonds is 4. The first kappa shape index (κ1) is 10.7. The van der Waals surface area contributed by atoms with Crippen LogP contribution in [-0.2, 0) is 6.42 Å². The van der Waals surface area contributed by atoms with Crippen LogP contribution in [0.4, 0.5) is 0 Å². The maximum Gasteiger partial charge on any atom is 0.0887 e. The predicted octanol–water partition coefficient (Wildman–Crippen LogP) is 3.39. The fourth-order valence-corrected chi connectivity index (χ4v) is 2.48. The van der Waals surface area contributed by atoms with Gasteiger partial charge in [-0.3, -0.25) is 0 Å². The monoisotopic (exact) mass is 198 g/mol. The molecule has 1 nitrogen and oxygen atoms in total. The Hall–Kier alpha value is -0.340. The Kier molecular flexibility index (Phi) is 3.94. The van der Waals surface area contributed by atoms with Crippen molar-refractivity contribution in [3.63, 3.8) is 0 Å². The molecule has 1 atom stereocenters. The maximum atomic E-state index is 9.90. The lowest BCUT2D eigenvalue weighted by atomic mass is 10.0. The van der Waals surface area contributed by atoms with Gasteiger partial charge in [-0.25, -0.2) is 0 Å². The van der Waals surface area contributed by atoms with Gasteiger partial charge < -0.3 is 5.11 Å². The van der Waals surface area contributed by atoms with Crippen molar-refractivity contribution in [2.75, 3.05) is 0 Å². The van der Waals surface area contributed by atoms with Crippen molar-refractivity contribution in [1.82, 2.24) is 0 Å². The van der Waals surface area contributed by atoms with Crippen LogP contribution in [0.15, 0.2) is 11.4 Å². The van der Waals surface area contributed by atoms with Crippen LogP contribution in [0.3, 0.4) is 0 Å². The summed E-state index contributed by atoms with van der Waals surface area (Å²) in [7, 11) is 0. The van der Waals surface area contributed by atoms with Crippen molar-refractivity contribution < 1.29 is 5.11 Å². The van der Waals surface area contributed by atoms with Crippen LogP contribution in [0.5, 0.6) is 0 Å². The summed E-state index contributed by atoms with van der Waals surface area (Å²) in [5.41, 5.74) is 1.30. The lowest BCUT2D eigenvalue weighted by molar-refractivity contribution is 0.154. The summed E-state index contributed by atoms with van der Waals surface area (Å²) >= 11 is 1.67. The van der Waals surface area contributed by atoms with Crippen LogP contribution in [0.25, 0.3) is 0 Å². The molecule has 0 radical (unpaired) electrons. The first-order valence-corrected chi connectivity index (χ1v) is 5.77. The molecule has 0 amide bonds. The molecule has 0 bridgehead atoms. The molecular weight excluding hydrogens is 180 g/mol. The molecule has 0 aliphatic carbocycles. The average molecular weight is 198 g/mol. The molecule has 74 valence electrons. The van der Waals surface area contributed by atoms with E-state index in [0.29, 0.717) is 5.92 Å². The van der Waals surface area contributed by atoms with E-state index in [2.05, 4.69) is 32.2 Å². The Morgan fingerprint density at radius 1 is 1.46 bits per heavy atom. The number of aliphatic hydroxyl groups is 1. The van der Waals surface area contributed by atoms with Crippen molar-refractivity contribution >= 4 is 11.3 Å². The molecule has 0 saturated heterocycles. The van der Waals surface area contributed by atoms with E-state index in [1.807, 2.05) is 0 Å². The molecule has 1 aromatic heterocycles. The van der Waals surface area contributed by atoms with Gasteiger partial charge in [0.05, 0.1) is 6.10 Å². The Morgan fingerprint density at radius 2 is 2.15 bits per heavy atom. The highest BCUT2D eigenvalue weighted by atomic mass is 32.1. The molecule has 0 aliphatic rings. The third kappa shape index (κ3) is 2.82. The van der Waals surface area contributed by atoms with E-state index in [-0.39, 0.29) is 6.10 Å². The SMILES string of the molecule is CCc1ccsc1C(O)CC(C)C. The molecule has 2 heteroatoms. The minimum absolute atomic E-state index is 0.255. The minimum Gasteiger partial charge on any atom is -0.388 e. The zero-order valence-corrected chi connectivity index (χ0v) is 9.40. The Bertz CT molecular complexity index is 252.